The van der Waals surface area contributed by atoms with Crippen molar-refractivity contribution in [1.29, 1.82) is 0 Å². The van der Waals surface area contributed by atoms with E-state index in [-0.39, 0.29) is 26.4 Å². The highest BCUT2D eigenvalue weighted by atomic mass is 35.6. The number of fused-ring (bicyclic) bond motifs is 4. The van der Waals surface area contributed by atoms with E-state index in [1.807, 2.05) is 0 Å². The van der Waals surface area contributed by atoms with Crippen molar-refractivity contribution in [2.45, 2.75) is 61.7 Å². The van der Waals surface area contributed by atoms with Crippen LogP contribution in [0.25, 0.3) is 0 Å². The zero-order chi connectivity index (χ0) is 28.5. The van der Waals surface area contributed by atoms with Crippen LogP contribution in [0.2, 0.25) is 0 Å². The highest BCUT2D eigenvalue weighted by Gasteiger charge is 2.51. The third-order valence-corrected chi connectivity index (χ3v) is 6.67. The van der Waals surface area contributed by atoms with Crippen LogP contribution in [0, 0.1) is 0 Å². The molecule has 0 radical (unpaired) electrons. The second-order valence-corrected chi connectivity index (χ2v) is 11.7. The number of hydrogen-bond donors (Lipinski definition) is 0. The monoisotopic (exact) mass is 605 g/mol. The van der Waals surface area contributed by atoms with Crippen molar-refractivity contribution in [3.63, 3.8) is 0 Å². The standard InChI is InChI=1S/C25H26Cl3NO10/c1-12(30)34-5-4-15-6-20(38-13(2)31)23(39-14(3)32)21-17-8-19-18(36-11-37-19)7-16(17)9-29(22(15)21)24(33)35-10-25(26,27)28/h6-8,20-23H,4-5,9-11H2,1-3H3/t20-,21-,22+,23+/m0/s1. The van der Waals surface area contributed by atoms with Gasteiger partial charge in [0.2, 0.25) is 10.6 Å². The van der Waals surface area contributed by atoms with E-state index in [0.29, 0.717) is 28.2 Å². The molecule has 2 heterocycles. The van der Waals surface area contributed by atoms with Gasteiger partial charge in [-0.1, -0.05) is 34.8 Å². The van der Waals surface area contributed by atoms with Crippen molar-refractivity contribution in [1.82, 2.24) is 4.90 Å². The summed E-state index contributed by atoms with van der Waals surface area (Å²) in [7, 11) is 0. The number of benzene rings is 1. The van der Waals surface area contributed by atoms with Crippen molar-refractivity contribution < 1.29 is 47.6 Å². The summed E-state index contributed by atoms with van der Waals surface area (Å²) in [5.74, 6) is -1.50. The normalized spacial score (nSPS) is 23.1. The fourth-order valence-electron chi connectivity index (χ4n) is 5.06. The van der Waals surface area contributed by atoms with E-state index in [4.69, 9.17) is 63.2 Å². The van der Waals surface area contributed by atoms with Gasteiger partial charge in [0, 0.05) is 27.2 Å². The number of hydrogen-bond acceptors (Lipinski definition) is 10. The number of ether oxygens (including phenoxy) is 6. The van der Waals surface area contributed by atoms with E-state index in [2.05, 4.69) is 0 Å². The number of halogens is 3. The third kappa shape index (κ3) is 6.82. The van der Waals surface area contributed by atoms with Crippen molar-refractivity contribution >= 4 is 58.8 Å². The molecule has 1 aromatic carbocycles. The molecule has 0 fully saturated rings. The maximum atomic E-state index is 13.4. The Morgan fingerprint density at radius 3 is 2.26 bits per heavy atom. The lowest BCUT2D eigenvalue weighted by molar-refractivity contribution is -0.166. The van der Waals surface area contributed by atoms with E-state index in [0.717, 1.165) is 0 Å². The Morgan fingerprint density at radius 1 is 0.974 bits per heavy atom. The topological polar surface area (TPSA) is 127 Å². The van der Waals surface area contributed by atoms with Crippen molar-refractivity contribution in [3.05, 3.63) is 34.9 Å². The summed E-state index contributed by atoms with van der Waals surface area (Å²) in [5.41, 5.74) is 1.94. The summed E-state index contributed by atoms with van der Waals surface area (Å²) in [6.07, 6.45) is -1.05. The average molecular weight is 607 g/mol. The van der Waals surface area contributed by atoms with Crippen LogP contribution in [0.3, 0.4) is 0 Å². The number of nitrogens with zero attached hydrogens (tertiary/aromatic N) is 1. The zero-order valence-corrected chi connectivity index (χ0v) is 23.5. The Bertz CT molecular complexity index is 1200. The number of carbonyl (C=O) groups is 4. The molecule has 0 aromatic heterocycles. The summed E-state index contributed by atoms with van der Waals surface area (Å²) in [6.45, 7) is 3.28. The van der Waals surface area contributed by atoms with Gasteiger partial charge in [0.1, 0.15) is 6.61 Å². The predicted molar refractivity (Wildman–Crippen MR) is 137 cm³/mol. The lowest BCUT2D eigenvalue weighted by Crippen LogP contribution is -2.57. The minimum atomic E-state index is -1.85. The van der Waals surface area contributed by atoms with Gasteiger partial charge in [-0.15, -0.1) is 0 Å². The van der Waals surface area contributed by atoms with Gasteiger partial charge in [0.25, 0.3) is 0 Å². The summed E-state index contributed by atoms with van der Waals surface area (Å²) in [6, 6.07) is 2.72. The van der Waals surface area contributed by atoms with Crippen LogP contribution in [0.15, 0.2) is 23.8 Å². The Balaban J connectivity index is 1.85. The largest absolute Gasteiger partial charge is 0.466 e. The van der Waals surface area contributed by atoms with Crippen LogP contribution >= 0.6 is 34.8 Å². The maximum Gasteiger partial charge on any atom is 0.410 e. The molecular formula is C25H26Cl3NO10. The Kier molecular flexibility index (Phi) is 8.72. The van der Waals surface area contributed by atoms with Crippen LogP contribution in [0.5, 0.6) is 11.5 Å². The third-order valence-electron chi connectivity index (χ3n) is 6.34. The number of amides is 1. The van der Waals surface area contributed by atoms with Gasteiger partial charge < -0.3 is 28.4 Å². The number of esters is 3. The molecule has 1 aromatic rings. The zero-order valence-electron chi connectivity index (χ0n) is 21.2. The molecule has 4 rings (SSSR count). The predicted octanol–water partition coefficient (Wildman–Crippen LogP) is 3.95. The summed E-state index contributed by atoms with van der Waals surface area (Å²) < 4.78 is 31.0. The second kappa shape index (κ2) is 11.7. The van der Waals surface area contributed by atoms with Crippen LogP contribution in [0.1, 0.15) is 44.2 Å². The van der Waals surface area contributed by atoms with Crippen LogP contribution < -0.4 is 9.47 Å². The van der Waals surface area contributed by atoms with E-state index in [1.165, 1.54) is 25.7 Å². The molecule has 1 aliphatic carbocycles. The number of rotatable bonds is 6. The van der Waals surface area contributed by atoms with E-state index < -0.39 is 58.6 Å². The first kappa shape index (κ1) is 29.1. The first-order valence-corrected chi connectivity index (χ1v) is 13.1. The van der Waals surface area contributed by atoms with Crippen LogP contribution in [-0.4, -0.2) is 71.0 Å². The van der Waals surface area contributed by atoms with E-state index >= 15 is 0 Å². The SMILES string of the molecule is CC(=O)OCCC1=C[C@H](OC(C)=O)[C@@H](OC(C)=O)[C@H]2c3cc4c(cc3CN(C(=O)OCC(Cl)(Cl)Cl)[C@H]12)OCO4. The maximum absolute atomic E-state index is 13.4. The molecule has 0 bridgehead atoms. The van der Waals surface area contributed by atoms with Crippen LogP contribution in [0.4, 0.5) is 4.79 Å². The molecule has 0 unspecified atom stereocenters. The number of alkyl halides is 3. The molecule has 3 aliphatic rings. The molecule has 39 heavy (non-hydrogen) atoms. The van der Waals surface area contributed by atoms with Gasteiger partial charge in [0.05, 0.1) is 25.1 Å². The van der Waals surface area contributed by atoms with Gasteiger partial charge in [-0.2, -0.15) is 0 Å². The molecule has 4 atom stereocenters. The quantitative estimate of drug-likeness (QED) is 0.203. The minimum absolute atomic E-state index is 0.0122. The van der Waals surface area contributed by atoms with Gasteiger partial charge in [0.15, 0.2) is 23.7 Å². The first-order valence-electron chi connectivity index (χ1n) is 11.9. The fraction of sp³-hybridized carbons (Fsp3) is 0.520. The Labute approximate surface area is 239 Å². The lowest BCUT2D eigenvalue weighted by atomic mass is 9.71. The second-order valence-electron chi connectivity index (χ2n) is 9.15. The molecule has 11 nitrogen and oxygen atoms in total. The van der Waals surface area contributed by atoms with Crippen molar-refractivity contribution in [3.8, 4) is 11.5 Å². The van der Waals surface area contributed by atoms with Crippen LogP contribution in [-0.2, 0) is 39.9 Å². The molecule has 212 valence electrons. The van der Waals surface area contributed by atoms with Gasteiger partial charge >= 0.3 is 24.0 Å². The first-order chi connectivity index (χ1) is 18.3. The molecular weight excluding hydrogens is 581 g/mol. The molecule has 0 saturated carbocycles. The summed E-state index contributed by atoms with van der Waals surface area (Å²) in [4.78, 5) is 50.6. The molecule has 0 saturated heterocycles. The molecule has 1 amide bonds. The highest BCUT2D eigenvalue weighted by molar-refractivity contribution is 6.67. The van der Waals surface area contributed by atoms with Crippen molar-refractivity contribution in [2.24, 2.45) is 0 Å². The number of carbonyl (C=O) groups excluding carboxylic acids is 4. The Hall–Kier alpha value is -2.89. The lowest BCUT2D eigenvalue weighted by Gasteiger charge is -2.49. The molecule has 0 N–H and O–H groups in total. The molecule has 0 spiro atoms. The van der Waals surface area contributed by atoms with Gasteiger partial charge in [-0.3, -0.25) is 19.3 Å². The van der Waals surface area contributed by atoms with E-state index in [1.54, 1.807) is 18.2 Å². The Morgan fingerprint density at radius 2 is 1.64 bits per heavy atom. The smallest absolute Gasteiger partial charge is 0.410 e. The molecule has 2 aliphatic heterocycles. The average Bonchev–Trinajstić information content (AvgIpc) is 3.28. The van der Waals surface area contributed by atoms with Crippen molar-refractivity contribution in [2.75, 3.05) is 20.0 Å². The summed E-state index contributed by atoms with van der Waals surface area (Å²) >= 11 is 17.4. The molecule has 14 heteroatoms. The van der Waals surface area contributed by atoms with Gasteiger partial charge in [-0.25, -0.2) is 4.79 Å². The minimum Gasteiger partial charge on any atom is -0.466 e. The van der Waals surface area contributed by atoms with Gasteiger partial charge in [-0.05, 0) is 34.9 Å². The highest BCUT2D eigenvalue weighted by Crippen LogP contribution is 2.49. The summed E-state index contributed by atoms with van der Waals surface area (Å²) in [5, 5.41) is 0. The fourth-order valence-corrected chi connectivity index (χ4v) is 5.23. The van der Waals surface area contributed by atoms with E-state index in [9.17, 15) is 19.2 Å².